The van der Waals surface area contributed by atoms with Gasteiger partial charge in [-0.2, -0.15) is 5.10 Å². The lowest BCUT2D eigenvalue weighted by Crippen LogP contribution is -2.08. The molecule has 0 spiro atoms. The van der Waals surface area contributed by atoms with E-state index in [0.29, 0.717) is 6.04 Å². The molecule has 0 aliphatic carbocycles. The second-order valence-corrected chi connectivity index (χ2v) is 3.89. The zero-order chi connectivity index (χ0) is 10.7. The topological polar surface area (TPSA) is 38.0 Å². The lowest BCUT2D eigenvalue weighted by Gasteiger charge is -2.13. The average molecular weight is 196 g/mol. The molecule has 0 bridgehead atoms. The third kappa shape index (κ3) is 1.98. The van der Waals surface area contributed by atoms with E-state index < -0.39 is 0 Å². The summed E-state index contributed by atoms with van der Waals surface area (Å²) in [5.41, 5.74) is 3.03. The summed E-state index contributed by atoms with van der Waals surface area (Å²) in [6.07, 6.45) is 2.29. The molecule has 80 valence electrons. The minimum atomic E-state index is 0.0938. The van der Waals surface area contributed by atoms with Crippen LogP contribution in [0.3, 0.4) is 0 Å². The minimum absolute atomic E-state index is 0.0938. The van der Waals surface area contributed by atoms with Crippen molar-refractivity contribution in [1.29, 1.82) is 0 Å². The Hall–Kier alpha value is -0.830. The van der Waals surface area contributed by atoms with Crippen molar-refractivity contribution >= 4 is 0 Å². The van der Waals surface area contributed by atoms with E-state index in [2.05, 4.69) is 18.9 Å². The molecule has 1 aromatic heterocycles. The number of hydrogen-bond acceptors (Lipinski definition) is 2. The largest absolute Gasteiger partial charge is 0.392 e. The monoisotopic (exact) mass is 196 g/mol. The smallest absolute Gasteiger partial charge is 0.0718 e. The highest BCUT2D eigenvalue weighted by atomic mass is 16.3. The first kappa shape index (κ1) is 11.2. The molecular weight excluding hydrogens is 176 g/mol. The van der Waals surface area contributed by atoms with Crippen LogP contribution < -0.4 is 0 Å². The molecule has 1 heterocycles. The number of aliphatic hydroxyl groups excluding tert-OH is 1. The van der Waals surface area contributed by atoms with Gasteiger partial charge in [0.25, 0.3) is 0 Å². The molecule has 0 radical (unpaired) electrons. The fraction of sp³-hybridized carbons (Fsp3) is 0.727. The third-order valence-corrected chi connectivity index (χ3v) is 2.76. The van der Waals surface area contributed by atoms with E-state index in [9.17, 15) is 5.11 Å². The van der Waals surface area contributed by atoms with E-state index in [1.165, 1.54) is 0 Å². The third-order valence-electron chi connectivity index (χ3n) is 2.76. The molecule has 0 aromatic carbocycles. The van der Waals surface area contributed by atoms with Crippen molar-refractivity contribution in [3.63, 3.8) is 0 Å². The van der Waals surface area contributed by atoms with Crippen LogP contribution in [0.4, 0.5) is 0 Å². The average Bonchev–Trinajstić information content (AvgIpc) is 2.42. The summed E-state index contributed by atoms with van der Waals surface area (Å²) in [7, 11) is 0. The quantitative estimate of drug-likeness (QED) is 0.802. The second kappa shape index (κ2) is 4.60. The number of aromatic nitrogens is 2. The molecule has 0 fully saturated rings. The maximum Gasteiger partial charge on any atom is 0.0718 e. The first-order chi connectivity index (χ1) is 6.61. The summed E-state index contributed by atoms with van der Waals surface area (Å²) < 4.78 is 2.03. The predicted molar refractivity (Wildman–Crippen MR) is 57.2 cm³/mol. The van der Waals surface area contributed by atoms with Gasteiger partial charge in [0, 0.05) is 17.3 Å². The number of hydrogen-bond donors (Lipinski definition) is 1. The fourth-order valence-electron chi connectivity index (χ4n) is 1.90. The van der Waals surface area contributed by atoms with E-state index in [1.54, 1.807) is 0 Å². The van der Waals surface area contributed by atoms with Crippen LogP contribution in [0.15, 0.2) is 0 Å². The summed E-state index contributed by atoms with van der Waals surface area (Å²) in [6, 6.07) is 0.430. The molecule has 0 aliphatic rings. The lowest BCUT2D eigenvalue weighted by molar-refractivity contribution is 0.279. The van der Waals surface area contributed by atoms with Crippen LogP contribution in [0.1, 0.15) is 49.7 Å². The Morgan fingerprint density at radius 1 is 1.43 bits per heavy atom. The first-order valence-electron chi connectivity index (χ1n) is 5.27. The van der Waals surface area contributed by atoms with Crippen LogP contribution in [-0.4, -0.2) is 14.9 Å². The lowest BCUT2D eigenvalue weighted by atomic mass is 10.2. The standard InChI is InChI=1S/C11H20N2O/c1-5-6-8(2)13-10(4)11(7-14)9(3)12-13/h8,14H,5-7H2,1-4H3. The summed E-state index contributed by atoms with van der Waals surface area (Å²) in [6.45, 7) is 8.42. The van der Waals surface area contributed by atoms with Crippen LogP contribution in [0.5, 0.6) is 0 Å². The Balaban J connectivity index is 2.98. The van der Waals surface area contributed by atoms with E-state index in [0.717, 1.165) is 29.8 Å². The zero-order valence-corrected chi connectivity index (χ0v) is 9.54. The van der Waals surface area contributed by atoms with E-state index in [4.69, 9.17) is 0 Å². The van der Waals surface area contributed by atoms with Gasteiger partial charge in [-0.1, -0.05) is 13.3 Å². The molecule has 14 heavy (non-hydrogen) atoms. The first-order valence-corrected chi connectivity index (χ1v) is 5.27. The number of rotatable bonds is 4. The molecule has 0 saturated carbocycles. The van der Waals surface area contributed by atoms with Crippen molar-refractivity contribution in [3.05, 3.63) is 17.0 Å². The molecule has 1 rings (SSSR count). The van der Waals surface area contributed by atoms with Crippen LogP contribution in [0, 0.1) is 13.8 Å². The van der Waals surface area contributed by atoms with Gasteiger partial charge in [-0.15, -0.1) is 0 Å². The SMILES string of the molecule is CCCC(C)n1nc(C)c(CO)c1C. The predicted octanol–water partition coefficient (Wildman–Crippen LogP) is 2.35. The van der Waals surface area contributed by atoms with Crippen LogP contribution in [0.25, 0.3) is 0 Å². The molecule has 1 unspecified atom stereocenters. The van der Waals surface area contributed by atoms with Gasteiger partial charge in [0.2, 0.25) is 0 Å². The molecule has 3 heteroatoms. The molecular formula is C11H20N2O. The summed E-state index contributed by atoms with van der Waals surface area (Å²) in [5.74, 6) is 0. The van der Waals surface area contributed by atoms with Crippen LogP contribution in [-0.2, 0) is 6.61 Å². The molecule has 1 N–H and O–H groups in total. The van der Waals surface area contributed by atoms with Gasteiger partial charge in [0.1, 0.15) is 0 Å². The van der Waals surface area contributed by atoms with Gasteiger partial charge in [0.15, 0.2) is 0 Å². The van der Waals surface area contributed by atoms with E-state index >= 15 is 0 Å². The summed E-state index contributed by atoms with van der Waals surface area (Å²) in [4.78, 5) is 0. The maximum atomic E-state index is 9.17. The van der Waals surface area contributed by atoms with Gasteiger partial charge in [-0.25, -0.2) is 0 Å². The van der Waals surface area contributed by atoms with Crippen LogP contribution >= 0.6 is 0 Å². The molecule has 0 saturated heterocycles. The Bertz CT molecular complexity index is 304. The van der Waals surface area contributed by atoms with Gasteiger partial charge in [0.05, 0.1) is 12.3 Å². The van der Waals surface area contributed by atoms with Gasteiger partial charge in [-0.3, -0.25) is 4.68 Å². The van der Waals surface area contributed by atoms with Crippen molar-refractivity contribution in [1.82, 2.24) is 9.78 Å². The Kier molecular flexibility index (Phi) is 3.69. The Labute approximate surface area is 85.8 Å². The molecule has 0 amide bonds. The molecule has 3 nitrogen and oxygen atoms in total. The maximum absolute atomic E-state index is 9.17. The normalized spacial score (nSPS) is 13.2. The summed E-state index contributed by atoms with van der Waals surface area (Å²) >= 11 is 0. The van der Waals surface area contributed by atoms with Crippen molar-refractivity contribution in [2.75, 3.05) is 0 Å². The van der Waals surface area contributed by atoms with Crippen molar-refractivity contribution < 1.29 is 5.11 Å². The second-order valence-electron chi connectivity index (χ2n) is 3.89. The van der Waals surface area contributed by atoms with Crippen molar-refractivity contribution in [2.45, 2.75) is 53.2 Å². The van der Waals surface area contributed by atoms with E-state index in [1.807, 2.05) is 18.5 Å². The van der Waals surface area contributed by atoms with Crippen molar-refractivity contribution in [3.8, 4) is 0 Å². The highest BCUT2D eigenvalue weighted by molar-refractivity contribution is 5.23. The van der Waals surface area contributed by atoms with Crippen LogP contribution in [0.2, 0.25) is 0 Å². The van der Waals surface area contributed by atoms with Gasteiger partial charge >= 0.3 is 0 Å². The Morgan fingerprint density at radius 3 is 2.50 bits per heavy atom. The minimum Gasteiger partial charge on any atom is -0.392 e. The van der Waals surface area contributed by atoms with Gasteiger partial charge < -0.3 is 5.11 Å². The number of nitrogens with zero attached hydrogens (tertiary/aromatic N) is 2. The highest BCUT2D eigenvalue weighted by Crippen LogP contribution is 2.19. The highest BCUT2D eigenvalue weighted by Gasteiger charge is 2.13. The Morgan fingerprint density at radius 2 is 2.07 bits per heavy atom. The van der Waals surface area contributed by atoms with Gasteiger partial charge in [-0.05, 0) is 27.2 Å². The van der Waals surface area contributed by atoms with E-state index in [-0.39, 0.29) is 6.61 Å². The summed E-state index contributed by atoms with van der Waals surface area (Å²) in [5, 5.41) is 13.6. The van der Waals surface area contributed by atoms with Crippen molar-refractivity contribution in [2.24, 2.45) is 0 Å². The molecule has 1 aromatic rings. The number of aryl methyl sites for hydroxylation is 1. The fourth-order valence-corrected chi connectivity index (χ4v) is 1.90. The molecule has 1 atom stereocenters. The molecule has 0 aliphatic heterocycles. The zero-order valence-electron chi connectivity index (χ0n) is 9.54. The number of aliphatic hydroxyl groups is 1.